The molecule has 1 saturated carbocycles. The van der Waals surface area contributed by atoms with Gasteiger partial charge in [0, 0.05) is 50.5 Å². The molecule has 2 fully saturated rings. The van der Waals surface area contributed by atoms with Crippen LogP contribution in [0, 0.1) is 11.3 Å². The van der Waals surface area contributed by atoms with Crippen molar-refractivity contribution in [1.29, 1.82) is 0 Å². The van der Waals surface area contributed by atoms with Gasteiger partial charge in [0.05, 0.1) is 17.6 Å². The predicted molar refractivity (Wildman–Crippen MR) is 137 cm³/mol. The van der Waals surface area contributed by atoms with Crippen LogP contribution in [0.4, 0.5) is 13.2 Å². The molecule has 1 amide bonds. The average molecular weight is 532 g/mol. The van der Waals surface area contributed by atoms with E-state index in [0.717, 1.165) is 50.4 Å². The molecule has 206 valence electrons. The molecule has 2 aliphatic heterocycles. The summed E-state index contributed by atoms with van der Waals surface area (Å²) >= 11 is 0. The van der Waals surface area contributed by atoms with Crippen LogP contribution >= 0.6 is 0 Å². The van der Waals surface area contributed by atoms with Crippen LogP contribution in [-0.2, 0) is 28.7 Å². The Kier molecular flexibility index (Phi) is 7.69. The van der Waals surface area contributed by atoms with Crippen molar-refractivity contribution in [1.82, 2.24) is 14.8 Å². The molecule has 2 unspecified atom stereocenters. The van der Waals surface area contributed by atoms with Gasteiger partial charge in [-0.15, -0.1) is 0 Å². The molecule has 38 heavy (non-hydrogen) atoms. The summed E-state index contributed by atoms with van der Waals surface area (Å²) in [5.74, 6) is 1.01. The fraction of sp³-hybridized carbons (Fsp3) is 0.586. The Morgan fingerprint density at radius 2 is 2.03 bits per heavy atom. The van der Waals surface area contributed by atoms with Gasteiger partial charge in [0.2, 0.25) is 5.91 Å². The number of ether oxygens (including phenoxy) is 2. The largest absolute Gasteiger partial charge is 0.491 e. The Morgan fingerprint density at radius 1 is 1.24 bits per heavy atom. The molecule has 1 saturated heterocycles. The molecule has 3 heterocycles. The molecular weight excluding hydrogens is 495 g/mol. The number of nitrogens with zero attached hydrogens (tertiary/aromatic N) is 3. The lowest BCUT2D eigenvalue weighted by atomic mass is 9.73. The molecule has 1 aromatic carbocycles. The van der Waals surface area contributed by atoms with E-state index < -0.39 is 17.2 Å². The van der Waals surface area contributed by atoms with Gasteiger partial charge in [-0.3, -0.25) is 14.7 Å². The minimum absolute atomic E-state index is 0.0392. The van der Waals surface area contributed by atoms with Gasteiger partial charge >= 0.3 is 6.18 Å². The van der Waals surface area contributed by atoms with E-state index in [2.05, 4.69) is 23.7 Å². The van der Waals surface area contributed by atoms with Crippen LogP contribution in [0.1, 0.15) is 49.9 Å². The van der Waals surface area contributed by atoms with Gasteiger partial charge in [-0.25, -0.2) is 0 Å². The SMILES string of the molecule is CC(C)[C@]1(C(=O)N2CCc3ncc(C(F)(F)F)cc3C2)CCC(N2CCOC(COc3ccccc3)C2)C1. The summed E-state index contributed by atoms with van der Waals surface area (Å²) in [6, 6.07) is 11.1. The maximum atomic E-state index is 14.0. The van der Waals surface area contributed by atoms with Crippen molar-refractivity contribution in [2.24, 2.45) is 11.3 Å². The molecular formula is C29H36F3N3O3. The van der Waals surface area contributed by atoms with Crippen LogP contribution in [0.25, 0.3) is 0 Å². The van der Waals surface area contributed by atoms with Gasteiger partial charge in [-0.05, 0) is 48.9 Å². The first kappa shape index (κ1) is 26.9. The van der Waals surface area contributed by atoms with Gasteiger partial charge in [0.25, 0.3) is 0 Å². The minimum atomic E-state index is -4.45. The van der Waals surface area contributed by atoms with Crippen molar-refractivity contribution in [3.63, 3.8) is 0 Å². The summed E-state index contributed by atoms with van der Waals surface area (Å²) in [6.45, 7) is 7.53. The molecule has 5 rings (SSSR count). The monoisotopic (exact) mass is 531 g/mol. The topological polar surface area (TPSA) is 54.9 Å². The van der Waals surface area contributed by atoms with Gasteiger partial charge in [-0.2, -0.15) is 13.2 Å². The molecule has 0 N–H and O–H groups in total. The van der Waals surface area contributed by atoms with Crippen LogP contribution < -0.4 is 4.74 Å². The fourth-order valence-electron chi connectivity index (χ4n) is 6.28. The lowest BCUT2D eigenvalue weighted by Crippen LogP contribution is -2.51. The number of benzene rings is 1. The molecule has 0 radical (unpaired) electrons. The molecule has 3 atom stereocenters. The van der Waals surface area contributed by atoms with Crippen molar-refractivity contribution in [2.75, 3.05) is 32.8 Å². The maximum absolute atomic E-state index is 14.0. The number of halogens is 3. The normalized spacial score (nSPS) is 26.4. The molecule has 6 nitrogen and oxygen atoms in total. The number of morpholine rings is 1. The predicted octanol–water partition coefficient (Wildman–Crippen LogP) is 4.96. The number of rotatable bonds is 6. The van der Waals surface area contributed by atoms with Crippen LogP contribution in [0.3, 0.4) is 0 Å². The Hall–Kier alpha value is -2.65. The van der Waals surface area contributed by atoms with E-state index >= 15 is 0 Å². The van der Waals surface area contributed by atoms with Crippen LogP contribution in [0.15, 0.2) is 42.6 Å². The first-order valence-electron chi connectivity index (χ1n) is 13.5. The number of hydrogen-bond donors (Lipinski definition) is 0. The van der Waals surface area contributed by atoms with Crippen molar-refractivity contribution in [3.05, 3.63) is 59.4 Å². The number of carbonyl (C=O) groups excluding carboxylic acids is 1. The van der Waals surface area contributed by atoms with E-state index in [-0.39, 0.29) is 30.5 Å². The third-order valence-electron chi connectivity index (χ3n) is 8.57. The van der Waals surface area contributed by atoms with Crippen molar-refractivity contribution >= 4 is 5.91 Å². The van der Waals surface area contributed by atoms with E-state index in [1.165, 1.54) is 0 Å². The molecule has 2 aromatic rings. The number of hydrogen-bond acceptors (Lipinski definition) is 5. The number of fused-ring (bicyclic) bond motifs is 1. The third-order valence-corrected chi connectivity index (χ3v) is 8.57. The van der Waals surface area contributed by atoms with E-state index in [9.17, 15) is 18.0 Å². The highest BCUT2D eigenvalue weighted by Gasteiger charge is 2.51. The van der Waals surface area contributed by atoms with Crippen molar-refractivity contribution < 1.29 is 27.4 Å². The van der Waals surface area contributed by atoms with E-state index in [0.29, 0.717) is 37.4 Å². The van der Waals surface area contributed by atoms with Gasteiger partial charge in [0.15, 0.2) is 0 Å². The summed E-state index contributed by atoms with van der Waals surface area (Å²) in [6.07, 6.45) is -0.671. The zero-order valence-electron chi connectivity index (χ0n) is 22.0. The molecule has 0 spiro atoms. The minimum Gasteiger partial charge on any atom is -0.491 e. The van der Waals surface area contributed by atoms with Crippen LogP contribution in [-0.4, -0.2) is 65.7 Å². The second-order valence-electron chi connectivity index (χ2n) is 11.1. The fourth-order valence-corrected chi connectivity index (χ4v) is 6.28. The average Bonchev–Trinajstić information content (AvgIpc) is 3.38. The van der Waals surface area contributed by atoms with Crippen molar-refractivity contribution in [2.45, 2.75) is 64.4 Å². The Bertz CT molecular complexity index is 1130. The summed E-state index contributed by atoms with van der Waals surface area (Å²) in [4.78, 5) is 22.3. The maximum Gasteiger partial charge on any atom is 0.417 e. The van der Waals surface area contributed by atoms with Gasteiger partial charge < -0.3 is 14.4 Å². The summed E-state index contributed by atoms with van der Waals surface area (Å²) in [5, 5.41) is 0. The molecule has 0 bridgehead atoms. The smallest absolute Gasteiger partial charge is 0.417 e. The number of carbonyl (C=O) groups is 1. The molecule has 3 aliphatic rings. The highest BCUT2D eigenvalue weighted by molar-refractivity contribution is 5.83. The third kappa shape index (κ3) is 5.54. The Balaban J connectivity index is 1.25. The van der Waals surface area contributed by atoms with E-state index in [4.69, 9.17) is 9.47 Å². The lowest BCUT2D eigenvalue weighted by Gasteiger charge is -2.41. The standard InChI is InChI=1S/C29H36F3N3O3/c1-20(2)28(27(36)35-11-9-26-21(17-35)14-22(16-33-26)29(30,31)32)10-8-23(15-28)34-12-13-37-25(18-34)19-38-24-6-4-3-5-7-24/h3-7,14,16,20,23,25H,8-13,15,17-19H2,1-2H3/t23?,25?,28-/m0/s1. The molecule has 1 aromatic heterocycles. The second kappa shape index (κ2) is 10.8. The zero-order chi connectivity index (χ0) is 26.9. The number of aromatic nitrogens is 1. The van der Waals surface area contributed by atoms with E-state index in [1.807, 2.05) is 30.3 Å². The molecule has 9 heteroatoms. The summed E-state index contributed by atoms with van der Waals surface area (Å²) in [5.41, 5.74) is -0.126. The number of para-hydroxylation sites is 1. The Labute approximate surface area is 222 Å². The van der Waals surface area contributed by atoms with Crippen LogP contribution in [0.2, 0.25) is 0 Å². The number of amides is 1. The summed E-state index contributed by atoms with van der Waals surface area (Å²) in [7, 11) is 0. The first-order chi connectivity index (χ1) is 18.2. The molecule has 1 aliphatic carbocycles. The van der Waals surface area contributed by atoms with Gasteiger partial charge in [-0.1, -0.05) is 32.0 Å². The zero-order valence-corrected chi connectivity index (χ0v) is 22.0. The lowest BCUT2D eigenvalue weighted by molar-refractivity contribution is -0.146. The highest BCUT2D eigenvalue weighted by atomic mass is 19.4. The summed E-state index contributed by atoms with van der Waals surface area (Å²) < 4.78 is 51.7. The van der Waals surface area contributed by atoms with Gasteiger partial charge in [0.1, 0.15) is 18.5 Å². The first-order valence-corrected chi connectivity index (χ1v) is 13.5. The Morgan fingerprint density at radius 3 is 2.76 bits per heavy atom. The number of alkyl halides is 3. The van der Waals surface area contributed by atoms with E-state index in [1.54, 1.807) is 4.90 Å². The van der Waals surface area contributed by atoms with Crippen molar-refractivity contribution in [3.8, 4) is 5.75 Å². The highest BCUT2D eigenvalue weighted by Crippen LogP contribution is 2.48. The van der Waals surface area contributed by atoms with Crippen LogP contribution in [0.5, 0.6) is 5.75 Å². The quantitative estimate of drug-likeness (QED) is 0.528. The second-order valence-corrected chi connectivity index (χ2v) is 11.1. The number of pyridine rings is 1.